The highest BCUT2D eigenvalue weighted by Gasteiger charge is 2.12. The largest absolute Gasteiger partial charge is 0.493 e. The number of ether oxygens (including phenoxy) is 2. The van der Waals surface area contributed by atoms with Crippen molar-refractivity contribution < 1.29 is 19.1 Å². The molecule has 2 aromatic carbocycles. The highest BCUT2D eigenvalue weighted by atomic mass is 16.5. The molecular formula is C23H30N2O4. The van der Waals surface area contributed by atoms with Gasteiger partial charge in [0.1, 0.15) is 0 Å². The standard InChI is InChI=1S/C23H30N2O4/c1-17-7-5-6-8-20(17)16-24-23(27)12-14-25(18(2)26)13-11-19-9-10-21(28-3)22(15-19)29-4/h5-10,15H,11-14,16H2,1-4H3,(H,24,27). The summed E-state index contributed by atoms with van der Waals surface area (Å²) in [5.41, 5.74) is 3.28. The van der Waals surface area contributed by atoms with Crippen LogP contribution in [0.4, 0.5) is 0 Å². The first kappa shape index (κ1) is 22.3. The zero-order valence-electron chi connectivity index (χ0n) is 17.7. The third kappa shape index (κ3) is 6.82. The number of nitrogens with one attached hydrogen (secondary N) is 1. The number of nitrogens with zero attached hydrogens (tertiary/aromatic N) is 1. The van der Waals surface area contributed by atoms with Crippen molar-refractivity contribution in [1.82, 2.24) is 10.2 Å². The van der Waals surface area contributed by atoms with Crippen LogP contribution in [0.5, 0.6) is 11.5 Å². The van der Waals surface area contributed by atoms with Crippen LogP contribution in [0.25, 0.3) is 0 Å². The molecule has 0 heterocycles. The fourth-order valence-electron chi connectivity index (χ4n) is 3.05. The quantitative estimate of drug-likeness (QED) is 0.668. The van der Waals surface area contributed by atoms with Gasteiger partial charge in [-0.1, -0.05) is 30.3 Å². The van der Waals surface area contributed by atoms with E-state index >= 15 is 0 Å². The Balaban J connectivity index is 1.84. The number of amides is 2. The molecule has 0 bridgehead atoms. The van der Waals surface area contributed by atoms with Gasteiger partial charge in [0.2, 0.25) is 11.8 Å². The summed E-state index contributed by atoms with van der Waals surface area (Å²) in [6.07, 6.45) is 0.947. The fourth-order valence-corrected chi connectivity index (χ4v) is 3.05. The number of carbonyl (C=O) groups excluding carboxylic acids is 2. The summed E-state index contributed by atoms with van der Waals surface area (Å²) in [5, 5.41) is 2.93. The Morgan fingerprint density at radius 1 is 1.00 bits per heavy atom. The van der Waals surface area contributed by atoms with Gasteiger partial charge in [0, 0.05) is 33.0 Å². The maximum absolute atomic E-state index is 12.2. The highest BCUT2D eigenvalue weighted by molar-refractivity contribution is 5.78. The van der Waals surface area contributed by atoms with Crippen molar-refractivity contribution in [2.24, 2.45) is 0 Å². The molecule has 2 amide bonds. The van der Waals surface area contributed by atoms with E-state index in [9.17, 15) is 9.59 Å². The molecule has 0 spiro atoms. The number of carbonyl (C=O) groups is 2. The minimum Gasteiger partial charge on any atom is -0.493 e. The van der Waals surface area contributed by atoms with Gasteiger partial charge in [0.05, 0.1) is 14.2 Å². The van der Waals surface area contributed by atoms with E-state index in [0.717, 1.165) is 16.7 Å². The van der Waals surface area contributed by atoms with E-state index in [0.29, 0.717) is 37.6 Å². The maximum Gasteiger partial charge on any atom is 0.222 e. The number of benzene rings is 2. The van der Waals surface area contributed by atoms with Crippen LogP contribution in [0.15, 0.2) is 42.5 Å². The summed E-state index contributed by atoms with van der Waals surface area (Å²) >= 11 is 0. The van der Waals surface area contributed by atoms with Gasteiger partial charge in [-0.2, -0.15) is 0 Å². The molecule has 0 aliphatic rings. The van der Waals surface area contributed by atoms with E-state index in [4.69, 9.17) is 9.47 Å². The Morgan fingerprint density at radius 2 is 1.72 bits per heavy atom. The molecule has 29 heavy (non-hydrogen) atoms. The second kappa shape index (κ2) is 11.1. The lowest BCUT2D eigenvalue weighted by atomic mass is 10.1. The number of methoxy groups -OCH3 is 2. The minimum atomic E-state index is -0.0642. The molecule has 0 saturated heterocycles. The molecule has 2 aromatic rings. The lowest BCUT2D eigenvalue weighted by Crippen LogP contribution is -2.35. The summed E-state index contributed by atoms with van der Waals surface area (Å²) in [6, 6.07) is 13.7. The molecule has 0 aliphatic heterocycles. The smallest absolute Gasteiger partial charge is 0.222 e. The summed E-state index contributed by atoms with van der Waals surface area (Å²) in [4.78, 5) is 25.9. The van der Waals surface area contributed by atoms with Crippen molar-refractivity contribution in [1.29, 1.82) is 0 Å². The molecule has 0 radical (unpaired) electrons. The average Bonchev–Trinajstić information content (AvgIpc) is 2.72. The predicted octanol–water partition coefficient (Wildman–Crippen LogP) is 3.11. The van der Waals surface area contributed by atoms with Gasteiger partial charge in [0.25, 0.3) is 0 Å². The Bertz CT molecular complexity index is 835. The molecule has 156 valence electrons. The summed E-state index contributed by atoms with van der Waals surface area (Å²) in [6.45, 7) is 4.97. The molecule has 0 saturated carbocycles. The molecule has 1 N–H and O–H groups in total. The molecule has 0 aromatic heterocycles. The van der Waals surface area contributed by atoms with Crippen molar-refractivity contribution in [2.45, 2.75) is 33.2 Å². The van der Waals surface area contributed by atoms with Crippen LogP contribution in [-0.4, -0.2) is 44.0 Å². The molecule has 0 aliphatic carbocycles. The van der Waals surface area contributed by atoms with Crippen LogP contribution < -0.4 is 14.8 Å². The third-order valence-corrected chi connectivity index (χ3v) is 4.91. The Hall–Kier alpha value is -3.02. The van der Waals surface area contributed by atoms with Crippen LogP contribution >= 0.6 is 0 Å². The molecule has 6 heteroatoms. The number of aryl methyl sites for hydroxylation is 1. The van der Waals surface area contributed by atoms with Crippen LogP contribution in [0, 0.1) is 6.92 Å². The van der Waals surface area contributed by atoms with Crippen molar-refractivity contribution >= 4 is 11.8 Å². The second-order valence-electron chi connectivity index (χ2n) is 6.90. The van der Waals surface area contributed by atoms with Gasteiger partial charge in [0.15, 0.2) is 11.5 Å². The van der Waals surface area contributed by atoms with Crippen LogP contribution in [0.2, 0.25) is 0 Å². The van der Waals surface area contributed by atoms with Gasteiger partial charge in [-0.3, -0.25) is 9.59 Å². The van der Waals surface area contributed by atoms with Gasteiger partial charge in [-0.05, 0) is 42.2 Å². The molecular weight excluding hydrogens is 368 g/mol. The summed E-state index contributed by atoms with van der Waals surface area (Å²) in [5.74, 6) is 1.22. The lowest BCUT2D eigenvalue weighted by Gasteiger charge is -2.21. The van der Waals surface area contributed by atoms with Gasteiger partial charge >= 0.3 is 0 Å². The van der Waals surface area contributed by atoms with Gasteiger partial charge in [-0.25, -0.2) is 0 Å². The molecule has 0 atom stereocenters. The lowest BCUT2D eigenvalue weighted by molar-refractivity contribution is -0.129. The first-order valence-corrected chi connectivity index (χ1v) is 9.72. The van der Waals surface area contributed by atoms with Crippen LogP contribution in [0.3, 0.4) is 0 Å². The zero-order valence-corrected chi connectivity index (χ0v) is 17.7. The van der Waals surface area contributed by atoms with Crippen LogP contribution in [-0.2, 0) is 22.6 Å². The Morgan fingerprint density at radius 3 is 2.38 bits per heavy atom. The predicted molar refractivity (Wildman–Crippen MR) is 113 cm³/mol. The highest BCUT2D eigenvalue weighted by Crippen LogP contribution is 2.27. The SMILES string of the molecule is COc1ccc(CCN(CCC(=O)NCc2ccccc2C)C(C)=O)cc1OC. The van der Waals surface area contributed by atoms with E-state index < -0.39 is 0 Å². The zero-order chi connectivity index (χ0) is 21.2. The monoisotopic (exact) mass is 398 g/mol. The van der Waals surface area contributed by atoms with Crippen LogP contribution in [0.1, 0.15) is 30.0 Å². The van der Waals surface area contributed by atoms with Crippen molar-refractivity contribution in [2.75, 3.05) is 27.3 Å². The summed E-state index contributed by atoms with van der Waals surface area (Å²) in [7, 11) is 3.19. The van der Waals surface area contributed by atoms with Crippen molar-refractivity contribution in [3.8, 4) is 11.5 Å². The second-order valence-corrected chi connectivity index (χ2v) is 6.90. The fraction of sp³-hybridized carbons (Fsp3) is 0.391. The maximum atomic E-state index is 12.2. The normalized spacial score (nSPS) is 10.3. The number of rotatable bonds is 10. The number of hydrogen-bond acceptors (Lipinski definition) is 4. The minimum absolute atomic E-state index is 0.0443. The van der Waals surface area contributed by atoms with Gasteiger partial charge < -0.3 is 19.7 Å². The van der Waals surface area contributed by atoms with E-state index in [2.05, 4.69) is 5.32 Å². The average molecular weight is 399 g/mol. The number of hydrogen-bond donors (Lipinski definition) is 1. The van der Waals surface area contributed by atoms with E-state index in [1.807, 2.05) is 49.4 Å². The topological polar surface area (TPSA) is 67.9 Å². The molecule has 0 fully saturated rings. The van der Waals surface area contributed by atoms with Crippen molar-refractivity contribution in [3.05, 3.63) is 59.2 Å². The van der Waals surface area contributed by atoms with Crippen molar-refractivity contribution in [3.63, 3.8) is 0 Å². The van der Waals surface area contributed by atoms with E-state index in [1.165, 1.54) is 6.92 Å². The first-order valence-electron chi connectivity index (χ1n) is 9.72. The third-order valence-electron chi connectivity index (χ3n) is 4.91. The Labute approximate surface area is 172 Å². The van der Waals surface area contributed by atoms with E-state index in [-0.39, 0.29) is 18.2 Å². The van der Waals surface area contributed by atoms with E-state index in [1.54, 1.807) is 19.1 Å². The first-order chi connectivity index (χ1) is 13.9. The summed E-state index contributed by atoms with van der Waals surface area (Å²) < 4.78 is 10.6. The molecule has 0 unspecified atom stereocenters. The molecule has 2 rings (SSSR count). The Kier molecular flexibility index (Phi) is 8.52. The molecule has 6 nitrogen and oxygen atoms in total. The van der Waals surface area contributed by atoms with Gasteiger partial charge in [-0.15, -0.1) is 0 Å².